The predicted octanol–water partition coefficient (Wildman–Crippen LogP) is 5.40. The number of likely N-dealkylation sites (tertiary alicyclic amines) is 1. The molecule has 0 saturated carbocycles. The molecule has 2 fully saturated rings. The minimum absolute atomic E-state index is 0.275. The Labute approximate surface area is 213 Å². The molecule has 1 amide bonds. The number of hydrogen-bond donors (Lipinski definition) is 0. The van der Waals surface area contributed by atoms with Gasteiger partial charge in [0, 0.05) is 50.7 Å². The van der Waals surface area contributed by atoms with Crippen molar-refractivity contribution < 1.29 is 4.79 Å². The maximum absolute atomic E-state index is 12.7. The first kappa shape index (κ1) is 25.9. The van der Waals surface area contributed by atoms with Gasteiger partial charge in [-0.2, -0.15) is 0 Å². The van der Waals surface area contributed by atoms with Gasteiger partial charge in [-0.1, -0.05) is 75.4 Å². The van der Waals surface area contributed by atoms with E-state index in [2.05, 4.69) is 76.2 Å². The van der Waals surface area contributed by atoms with Crippen LogP contribution in [0.4, 0.5) is 0 Å². The largest absolute Gasteiger partial charge is 0.342 e. The highest BCUT2D eigenvalue weighted by Gasteiger charge is 2.32. The molecular weight excluding hydrogens is 430 g/mol. The topological polar surface area (TPSA) is 26.8 Å². The Morgan fingerprint density at radius 1 is 0.914 bits per heavy atom. The Balaban J connectivity index is 1.41. The summed E-state index contributed by atoms with van der Waals surface area (Å²) < 4.78 is 0. The summed E-state index contributed by atoms with van der Waals surface area (Å²) in [7, 11) is 0. The van der Waals surface area contributed by atoms with E-state index in [1.54, 1.807) is 0 Å². The number of nitrogens with zero attached hydrogens (tertiary/aromatic N) is 3. The molecule has 190 valence electrons. The molecule has 0 aromatic heterocycles. The highest BCUT2D eigenvalue weighted by Crippen LogP contribution is 2.26. The zero-order valence-electron chi connectivity index (χ0n) is 22.4. The molecule has 2 aromatic carbocycles. The fourth-order valence-corrected chi connectivity index (χ4v) is 5.80. The maximum Gasteiger partial charge on any atom is 0.227 e. The van der Waals surface area contributed by atoms with Crippen molar-refractivity contribution in [3.63, 3.8) is 0 Å². The maximum atomic E-state index is 12.7. The molecule has 0 N–H and O–H groups in total. The van der Waals surface area contributed by atoms with E-state index in [9.17, 15) is 4.79 Å². The fraction of sp³-hybridized carbons (Fsp3) is 0.581. The summed E-state index contributed by atoms with van der Waals surface area (Å²) in [4.78, 5) is 20.3. The van der Waals surface area contributed by atoms with Gasteiger partial charge < -0.3 is 9.80 Å². The normalized spacial score (nSPS) is 21.1. The van der Waals surface area contributed by atoms with E-state index in [0.717, 1.165) is 52.0 Å². The van der Waals surface area contributed by atoms with Crippen LogP contribution >= 0.6 is 0 Å². The van der Waals surface area contributed by atoms with E-state index < -0.39 is 0 Å². The zero-order valence-corrected chi connectivity index (χ0v) is 22.4. The summed E-state index contributed by atoms with van der Waals surface area (Å²) >= 11 is 0. The first-order valence-corrected chi connectivity index (χ1v) is 13.6. The van der Waals surface area contributed by atoms with Gasteiger partial charge in [0.2, 0.25) is 5.91 Å². The van der Waals surface area contributed by atoms with Gasteiger partial charge in [-0.05, 0) is 61.8 Å². The molecule has 35 heavy (non-hydrogen) atoms. The van der Waals surface area contributed by atoms with E-state index in [1.807, 2.05) is 20.8 Å². The standard InChI is InChI=1S/C31H45N3O/c1-25-11-8-9-14-28(25)23-34-18-10-17-32(24-29(34)21-26-12-6-5-7-13-26)22-27-15-19-33(20-16-27)30(35)31(2,3)4/h5-9,11-14,27,29H,10,15-24H2,1-4H3/t29-/m0/s1. The Morgan fingerprint density at radius 3 is 2.29 bits per heavy atom. The molecule has 2 aromatic rings. The van der Waals surface area contributed by atoms with Crippen LogP contribution in [0.25, 0.3) is 0 Å². The lowest BCUT2D eigenvalue weighted by Crippen LogP contribution is -2.47. The number of aryl methyl sites for hydroxylation is 1. The van der Waals surface area contributed by atoms with E-state index in [1.165, 1.54) is 36.2 Å². The van der Waals surface area contributed by atoms with Crippen molar-refractivity contribution >= 4 is 5.91 Å². The number of piperidine rings is 1. The molecule has 4 heteroatoms. The number of carbonyl (C=O) groups excluding carboxylic acids is 1. The predicted molar refractivity (Wildman–Crippen MR) is 145 cm³/mol. The van der Waals surface area contributed by atoms with Crippen LogP contribution in [0.2, 0.25) is 0 Å². The van der Waals surface area contributed by atoms with E-state index in [0.29, 0.717) is 17.9 Å². The van der Waals surface area contributed by atoms with Crippen molar-refractivity contribution in [2.45, 2.75) is 66.0 Å². The van der Waals surface area contributed by atoms with Crippen LogP contribution in [0.1, 0.15) is 56.7 Å². The first-order chi connectivity index (χ1) is 16.8. The summed E-state index contributed by atoms with van der Waals surface area (Å²) in [6, 6.07) is 20.4. The summed E-state index contributed by atoms with van der Waals surface area (Å²) in [5, 5.41) is 0. The number of carbonyl (C=O) groups is 1. The molecule has 4 nitrogen and oxygen atoms in total. The summed E-state index contributed by atoms with van der Waals surface area (Å²) in [6.07, 6.45) is 4.59. The van der Waals surface area contributed by atoms with Crippen LogP contribution in [0.3, 0.4) is 0 Å². The SMILES string of the molecule is Cc1ccccc1CN1CCCN(CC2CCN(C(=O)C(C)(C)C)CC2)C[C@@H]1Cc1ccccc1. The Morgan fingerprint density at radius 2 is 1.60 bits per heavy atom. The minimum Gasteiger partial charge on any atom is -0.342 e. The summed E-state index contributed by atoms with van der Waals surface area (Å²) in [5.74, 6) is 1.000. The van der Waals surface area contributed by atoms with Crippen molar-refractivity contribution in [1.29, 1.82) is 0 Å². The van der Waals surface area contributed by atoms with Crippen molar-refractivity contribution in [2.24, 2.45) is 11.3 Å². The van der Waals surface area contributed by atoms with Gasteiger partial charge in [0.15, 0.2) is 0 Å². The third kappa shape index (κ3) is 7.17. The molecule has 0 bridgehead atoms. The van der Waals surface area contributed by atoms with Gasteiger partial charge in [0.1, 0.15) is 0 Å². The summed E-state index contributed by atoms with van der Waals surface area (Å²) in [6.45, 7) is 15.8. The van der Waals surface area contributed by atoms with Crippen molar-refractivity contribution in [3.05, 3.63) is 71.3 Å². The monoisotopic (exact) mass is 475 g/mol. The number of hydrogen-bond acceptors (Lipinski definition) is 3. The van der Waals surface area contributed by atoms with Crippen molar-refractivity contribution in [3.8, 4) is 0 Å². The summed E-state index contributed by atoms with van der Waals surface area (Å²) in [5.41, 5.74) is 4.00. The average Bonchev–Trinajstić information content (AvgIpc) is 3.02. The lowest BCUT2D eigenvalue weighted by molar-refractivity contribution is -0.141. The minimum atomic E-state index is -0.275. The number of benzene rings is 2. The van der Waals surface area contributed by atoms with Gasteiger partial charge in [-0.25, -0.2) is 0 Å². The van der Waals surface area contributed by atoms with E-state index >= 15 is 0 Å². The smallest absolute Gasteiger partial charge is 0.227 e. The number of rotatable bonds is 6. The molecule has 2 aliphatic heterocycles. The molecule has 4 rings (SSSR count). The molecule has 2 saturated heterocycles. The molecule has 0 spiro atoms. The van der Waals surface area contributed by atoms with Crippen LogP contribution in [0.5, 0.6) is 0 Å². The Kier molecular flexibility index (Phi) is 8.67. The number of amides is 1. The van der Waals surface area contributed by atoms with Gasteiger partial charge in [-0.15, -0.1) is 0 Å². The van der Waals surface area contributed by atoms with Crippen LogP contribution < -0.4 is 0 Å². The van der Waals surface area contributed by atoms with Crippen molar-refractivity contribution in [1.82, 2.24) is 14.7 Å². The molecule has 2 aliphatic rings. The third-order valence-electron chi connectivity index (χ3n) is 7.91. The molecule has 0 radical (unpaired) electrons. The molecule has 0 aliphatic carbocycles. The lowest BCUT2D eigenvalue weighted by atomic mass is 9.90. The third-order valence-corrected chi connectivity index (χ3v) is 7.91. The Hall–Kier alpha value is -2.17. The van der Waals surface area contributed by atoms with Gasteiger partial charge in [0.05, 0.1) is 0 Å². The average molecular weight is 476 g/mol. The highest BCUT2D eigenvalue weighted by atomic mass is 16.2. The van der Waals surface area contributed by atoms with E-state index in [-0.39, 0.29) is 5.41 Å². The fourth-order valence-electron chi connectivity index (χ4n) is 5.80. The second-order valence-corrected chi connectivity index (χ2v) is 11.8. The van der Waals surface area contributed by atoms with Gasteiger partial charge >= 0.3 is 0 Å². The molecule has 1 atom stereocenters. The van der Waals surface area contributed by atoms with Crippen molar-refractivity contribution in [2.75, 3.05) is 39.3 Å². The first-order valence-electron chi connectivity index (χ1n) is 13.6. The van der Waals surface area contributed by atoms with Crippen LogP contribution in [-0.4, -0.2) is 65.9 Å². The van der Waals surface area contributed by atoms with Gasteiger partial charge in [0.25, 0.3) is 0 Å². The molecule has 2 heterocycles. The van der Waals surface area contributed by atoms with Gasteiger partial charge in [-0.3, -0.25) is 9.69 Å². The lowest BCUT2D eigenvalue weighted by Gasteiger charge is -2.38. The Bertz CT molecular complexity index is 943. The highest BCUT2D eigenvalue weighted by molar-refractivity contribution is 5.81. The second-order valence-electron chi connectivity index (χ2n) is 11.8. The van der Waals surface area contributed by atoms with Crippen LogP contribution in [0, 0.1) is 18.3 Å². The van der Waals surface area contributed by atoms with Crippen LogP contribution in [0.15, 0.2) is 54.6 Å². The van der Waals surface area contributed by atoms with E-state index in [4.69, 9.17) is 0 Å². The quantitative estimate of drug-likeness (QED) is 0.560. The molecular formula is C31H45N3O. The zero-order chi connectivity index (χ0) is 24.8. The molecule has 0 unspecified atom stereocenters. The van der Waals surface area contributed by atoms with Crippen LogP contribution in [-0.2, 0) is 17.8 Å². The second kappa shape index (κ2) is 11.7.